The molecule has 2 atom stereocenters. The van der Waals surface area contributed by atoms with E-state index in [1.807, 2.05) is 0 Å². The molecule has 0 fully saturated rings. The number of anilines is 1. The van der Waals surface area contributed by atoms with Gasteiger partial charge < -0.3 is 4.74 Å². The van der Waals surface area contributed by atoms with Crippen molar-refractivity contribution >= 4 is 28.9 Å². The van der Waals surface area contributed by atoms with E-state index in [0.717, 1.165) is 0 Å². The average molecular weight is 372 g/mol. The van der Waals surface area contributed by atoms with Gasteiger partial charge in [-0.3, -0.25) is 14.9 Å². The molecule has 8 heteroatoms. The molecule has 0 saturated carbocycles. The third kappa shape index (κ3) is 2.28. The minimum Gasteiger partial charge on any atom is -0.470 e. The summed E-state index contributed by atoms with van der Waals surface area (Å²) in [6.45, 7) is 1.23. The molecule has 2 aromatic rings. The van der Waals surface area contributed by atoms with Crippen LogP contribution in [0.3, 0.4) is 0 Å². The molecule has 1 spiro atoms. The summed E-state index contributed by atoms with van der Waals surface area (Å²) < 4.78 is 6.02. The van der Waals surface area contributed by atoms with Gasteiger partial charge >= 0.3 is 0 Å². The van der Waals surface area contributed by atoms with Gasteiger partial charge in [0.15, 0.2) is 0 Å². The lowest BCUT2D eigenvalue weighted by atomic mass is 9.81. The van der Waals surface area contributed by atoms with Crippen LogP contribution in [-0.2, 0) is 4.79 Å². The topological polar surface area (TPSA) is 85.0 Å². The maximum atomic E-state index is 13.3. The molecular formula is C18H14ClN3O4. The van der Waals surface area contributed by atoms with E-state index in [9.17, 15) is 14.9 Å². The van der Waals surface area contributed by atoms with Gasteiger partial charge in [0.2, 0.25) is 12.1 Å². The summed E-state index contributed by atoms with van der Waals surface area (Å²) >= 11 is 5.91. The zero-order chi connectivity index (χ0) is 18.5. The van der Waals surface area contributed by atoms with Crippen molar-refractivity contribution < 1.29 is 14.5 Å². The Morgan fingerprint density at radius 3 is 2.65 bits per heavy atom. The number of hydrazone groups is 1. The van der Waals surface area contributed by atoms with E-state index in [-0.39, 0.29) is 0 Å². The smallest absolute Gasteiger partial charge is 0.298 e. The summed E-state index contributed by atoms with van der Waals surface area (Å²) in [6, 6.07) is 13.6. The molecule has 4 rings (SSSR count). The Bertz CT molecular complexity index is 944. The largest absolute Gasteiger partial charge is 0.470 e. The molecule has 0 N–H and O–H groups in total. The molecule has 2 aromatic carbocycles. The van der Waals surface area contributed by atoms with Gasteiger partial charge in [0.05, 0.1) is 11.4 Å². The summed E-state index contributed by atoms with van der Waals surface area (Å²) in [5.41, 5.74) is 0.0525. The van der Waals surface area contributed by atoms with Crippen molar-refractivity contribution in [1.82, 2.24) is 0 Å². The molecular weight excluding hydrogens is 358 g/mol. The number of rotatable bonds is 3. The number of benzene rings is 2. The van der Waals surface area contributed by atoms with E-state index in [2.05, 4.69) is 5.10 Å². The fourth-order valence-electron chi connectivity index (χ4n) is 3.56. The van der Waals surface area contributed by atoms with Gasteiger partial charge in [-0.15, -0.1) is 0 Å². The van der Waals surface area contributed by atoms with Crippen molar-refractivity contribution in [2.45, 2.75) is 18.4 Å². The van der Waals surface area contributed by atoms with Gasteiger partial charge in [0.25, 0.3) is 5.91 Å². The van der Waals surface area contributed by atoms with Crippen molar-refractivity contribution in [3.63, 3.8) is 0 Å². The summed E-state index contributed by atoms with van der Waals surface area (Å²) in [6.07, 6.45) is 0. The van der Waals surface area contributed by atoms with Crippen LogP contribution in [0.25, 0.3) is 0 Å². The first-order chi connectivity index (χ1) is 12.4. The summed E-state index contributed by atoms with van der Waals surface area (Å²) in [7, 11) is 0. The zero-order valence-electron chi connectivity index (χ0n) is 13.8. The number of fused-ring (bicyclic) bond motifs is 1. The van der Waals surface area contributed by atoms with Crippen molar-refractivity contribution in [1.29, 1.82) is 0 Å². The van der Waals surface area contributed by atoms with Crippen molar-refractivity contribution in [2.24, 2.45) is 5.10 Å². The second kappa shape index (κ2) is 5.81. The van der Waals surface area contributed by atoms with Crippen LogP contribution in [0.5, 0.6) is 5.75 Å². The SMILES string of the molecule is CC1=NN(c2ccc(Cl)cc2)C(=O)[C@]12Oc1ccccc1[C@H]2C[N+](=O)[O-]. The number of halogens is 1. The number of amides is 1. The first kappa shape index (κ1) is 16.5. The van der Waals surface area contributed by atoms with Crippen molar-refractivity contribution in [2.75, 3.05) is 11.6 Å². The number of carbonyl (C=O) groups is 1. The molecule has 0 saturated heterocycles. The second-order valence-corrected chi connectivity index (χ2v) is 6.66. The molecule has 0 aliphatic carbocycles. The van der Waals surface area contributed by atoms with E-state index in [1.54, 1.807) is 55.5 Å². The van der Waals surface area contributed by atoms with E-state index >= 15 is 0 Å². The molecule has 26 heavy (non-hydrogen) atoms. The second-order valence-electron chi connectivity index (χ2n) is 6.22. The fourth-order valence-corrected chi connectivity index (χ4v) is 3.68. The van der Waals surface area contributed by atoms with E-state index in [1.165, 1.54) is 5.01 Å². The van der Waals surface area contributed by atoms with Crippen LogP contribution in [0, 0.1) is 10.1 Å². The number of nitro groups is 1. The zero-order valence-corrected chi connectivity index (χ0v) is 14.5. The minimum atomic E-state index is -1.50. The molecule has 0 radical (unpaired) electrons. The maximum absolute atomic E-state index is 13.3. The number of hydrogen-bond donors (Lipinski definition) is 0. The number of hydrogen-bond acceptors (Lipinski definition) is 5. The molecule has 132 valence electrons. The van der Waals surface area contributed by atoms with Crippen LogP contribution in [-0.4, -0.2) is 28.7 Å². The fraction of sp³-hybridized carbons (Fsp3) is 0.222. The molecule has 2 heterocycles. The maximum Gasteiger partial charge on any atom is 0.298 e. The highest BCUT2D eigenvalue weighted by Crippen LogP contribution is 2.49. The first-order valence-electron chi connectivity index (χ1n) is 7.99. The predicted octanol–water partition coefficient (Wildman–Crippen LogP) is 3.25. The van der Waals surface area contributed by atoms with Gasteiger partial charge in [0.1, 0.15) is 11.7 Å². The van der Waals surface area contributed by atoms with Crippen LogP contribution < -0.4 is 9.75 Å². The Labute approximate surface area is 154 Å². The van der Waals surface area contributed by atoms with Crippen molar-refractivity contribution in [3.8, 4) is 5.75 Å². The Balaban J connectivity index is 1.80. The molecule has 1 amide bonds. The monoisotopic (exact) mass is 371 g/mol. The normalized spacial score (nSPS) is 23.8. The highest BCUT2D eigenvalue weighted by molar-refractivity contribution is 6.30. The first-order valence-corrected chi connectivity index (χ1v) is 8.37. The molecule has 2 aliphatic rings. The number of carbonyl (C=O) groups excluding carboxylic acids is 1. The van der Waals surface area contributed by atoms with Gasteiger partial charge in [-0.2, -0.15) is 10.1 Å². The average Bonchev–Trinajstić information content (AvgIpc) is 3.06. The van der Waals surface area contributed by atoms with E-state index in [4.69, 9.17) is 16.3 Å². The lowest BCUT2D eigenvalue weighted by Gasteiger charge is -2.27. The molecule has 7 nitrogen and oxygen atoms in total. The highest BCUT2D eigenvalue weighted by Gasteiger charge is 2.63. The number of para-hydroxylation sites is 1. The summed E-state index contributed by atoms with van der Waals surface area (Å²) in [5.74, 6) is -0.720. The van der Waals surface area contributed by atoms with Gasteiger partial charge in [-0.1, -0.05) is 29.8 Å². The molecule has 0 aromatic heterocycles. The van der Waals surface area contributed by atoms with E-state index < -0.39 is 28.9 Å². The van der Waals surface area contributed by atoms with Crippen LogP contribution in [0.15, 0.2) is 53.6 Å². The Morgan fingerprint density at radius 2 is 1.96 bits per heavy atom. The summed E-state index contributed by atoms with van der Waals surface area (Å²) in [5, 5.41) is 17.4. The lowest BCUT2D eigenvalue weighted by molar-refractivity contribution is -0.484. The summed E-state index contributed by atoms with van der Waals surface area (Å²) in [4.78, 5) is 24.2. The quantitative estimate of drug-likeness (QED) is 0.612. The van der Waals surface area contributed by atoms with Crippen molar-refractivity contribution in [3.05, 3.63) is 69.2 Å². The van der Waals surface area contributed by atoms with Crippen LogP contribution in [0.2, 0.25) is 5.02 Å². The Hall–Kier alpha value is -2.93. The Kier molecular flexibility index (Phi) is 3.69. The van der Waals surface area contributed by atoms with Crippen LogP contribution in [0.4, 0.5) is 5.69 Å². The highest BCUT2D eigenvalue weighted by atomic mass is 35.5. The minimum absolute atomic E-state index is 0.389. The predicted molar refractivity (Wildman–Crippen MR) is 96.5 cm³/mol. The van der Waals surface area contributed by atoms with Crippen LogP contribution >= 0.6 is 11.6 Å². The third-order valence-corrected chi connectivity index (χ3v) is 5.01. The number of ether oxygens (including phenoxy) is 1. The van der Waals surface area contributed by atoms with E-state index in [0.29, 0.717) is 27.7 Å². The Morgan fingerprint density at radius 1 is 1.27 bits per heavy atom. The standard InChI is InChI=1S/C18H14ClN3O4/c1-11-18(17(23)22(20-11)13-8-6-12(19)7-9-13)15(10-21(24)25)14-4-2-3-5-16(14)26-18/h2-9,15H,10H2,1H3/t15-,18+/m1/s1. The lowest BCUT2D eigenvalue weighted by Crippen LogP contribution is -2.54. The molecule has 2 aliphatic heterocycles. The van der Waals surface area contributed by atoms with Gasteiger partial charge in [-0.05, 0) is 37.3 Å². The third-order valence-electron chi connectivity index (χ3n) is 4.76. The van der Waals surface area contributed by atoms with Gasteiger partial charge in [-0.25, -0.2) is 0 Å². The number of nitrogens with zero attached hydrogens (tertiary/aromatic N) is 3. The molecule has 0 bridgehead atoms. The molecule has 0 unspecified atom stereocenters. The van der Waals surface area contributed by atoms with Crippen LogP contribution in [0.1, 0.15) is 18.4 Å². The van der Waals surface area contributed by atoms with Gasteiger partial charge in [0, 0.05) is 15.5 Å².